The number of barbiturate groups is 1. The molecule has 1 aliphatic rings. The van der Waals surface area contributed by atoms with E-state index in [9.17, 15) is 14.4 Å². The summed E-state index contributed by atoms with van der Waals surface area (Å²) in [6.45, 7) is 1.75. The van der Waals surface area contributed by atoms with Crippen LogP contribution < -0.4 is 5.32 Å². The van der Waals surface area contributed by atoms with Crippen molar-refractivity contribution in [2.24, 2.45) is 0 Å². The van der Waals surface area contributed by atoms with Crippen molar-refractivity contribution in [3.63, 3.8) is 0 Å². The Morgan fingerprint density at radius 1 is 1.18 bits per heavy atom. The molecule has 0 spiro atoms. The van der Waals surface area contributed by atoms with Crippen LogP contribution in [0, 0.1) is 0 Å². The van der Waals surface area contributed by atoms with E-state index in [-0.39, 0.29) is 12.5 Å². The van der Waals surface area contributed by atoms with E-state index < -0.39 is 17.8 Å². The summed E-state index contributed by atoms with van der Waals surface area (Å²) in [5.74, 6) is -1.01. The maximum atomic E-state index is 11.7. The molecule has 1 aromatic carbocycles. The summed E-state index contributed by atoms with van der Waals surface area (Å²) in [5.41, 5.74) is 0.852. The first-order valence-corrected chi connectivity index (χ1v) is 5.30. The molecule has 5 nitrogen and oxygen atoms in total. The Morgan fingerprint density at radius 3 is 2.41 bits per heavy atom. The molecule has 0 unspecified atom stereocenters. The van der Waals surface area contributed by atoms with E-state index in [1.165, 1.54) is 0 Å². The average molecular weight is 232 g/mol. The number of imide groups is 2. The molecule has 5 heteroatoms. The lowest BCUT2D eigenvalue weighted by atomic mass is 10.1. The molecule has 0 saturated carbocycles. The Labute approximate surface area is 98.4 Å². The zero-order valence-electron chi connectivity index (χ0n) is 9.34. The topological polar surface area (TPSA) is 66.5 Å². The fourth-order valence-electron chi connectivity index (χ4n) is 1.83. The van der Waals surface area contributed by atoms with Gasteiger partial charge in [-0.05, 0) is 12.5 Å². The smallest absolute Gasteiger partial charge is 0.277 e. The van der Waals surface area contributed by atoms with E-state index >= 15 is 0 Å². The minimum atomic E-state index is -0.650. The number of amides is 4. The molecule has 0 bridgehead atoms. The third kappa shape index (κ3) is 2.18. The van der Waals surface area contributed by atoms with Gasteiger partial charge in [0.2, 0.25) is 11.8 Å². The van der Waals surface area contributed by atoms with E-state index in [1.807, 2.05) is 30.3 Å². The predicted molar refractivity (Wildman–Crippen MR) is 59.9 cm³/mol. The van der Waals surface area contributed by atoms with E-state index in [2.05, 4.69) is 5.32 Å². The molecule has 88 valence electrons. The average Bonchev–Trinajstić information content (AvgIpc) is 2.28. The van der Waals surface area contributed by atoms with Gasteiger partial charge in [-0.1, -0.05) is 30.3 Å². The monoisotopic (exact) mass is 232 g/mol. The molecular formula is C12H12N2O3. The van der Waals surface area contributed by atoms with Gasteiger partial charge < -0.3 is 0 Å². The fraction of sp³-hybridized carbons (Fsp3) is 0.250. The van der Waals surface area contributed by atoms with Crippen molar-refractivity contribution in [3.05, 3.63) is 35.9 Å². The Bertz CT molecular complexity index is 450. The lowest BCUT2D eigenvalue weighted by Crippen LogP contribution is -2.53. The number of nitrogens with one attached hydrogen (secondary N) is 1. The van der Waals surface area contributed by atoms with Crippen molar-refractivity contribution in [2.45, 2.75) is 19.4 Å². The van der Waals surface area contributed by atoms with Crippen LogP contribution in [0.1, 0.15) is 24.9 Å². The summed E-state index contributed by atoms with van der Waals surface area (Å²) < 4.78 is 0. The minimum absolute atomic E-state index is 0.275. The van der Waals surface area contributed by atoms with E-state index in [0.717, 1.165) is 10.5 Å². The van der Waals surface area contributed by atoms with Crippen LogP contribution in [-0.4, -0.2) is 22.7 Å². The fourth-order valence-corrected chi connectivity index (χ4v) is 1.83. The first-order valence-electron chi connectivity index (χ1n) is 5.30. The number of benzene rings is 1. The van der Waals surface area contributed by atoms with Crippen LogP contribution in [0.2, 0.25) is 0 Å². The Hall–Kier alpha value is -2.17. The largest absolute Gasteiger partial charge is 0.331 e. The molecule has 2 rings (SSSR count). The summed E-state index contributed by atoms with van der Waals surface area (Å²) >= 11 is 0. The predicted octanol–water partition coefficient (Wildman–Crippen LogP) is 1.22. The highest BCUT2D eigenvalue weighted by Crippen LogP contribution is 2.22. The van der Waals surface area contributed by atoms with Crippen LogP contribution >= 0.6 is 0 Å². The maximum Gasteiger partial charge on any atom is 0.331 e. The number of nitrogens with zero attached hydrogens (tertiary/aromatic N) is 1. The van der Waals surface area contributed by atoms with Gasteiger partial charge in [0.15, 0.2) is 0 Å². The first kappa shape index (κ1) is 11.3. The number of urea groups is 1. The summed E-state index contributed by atoms with van der Waals surface area (Å²) in [7, 11) is 0. The van der Waals surface area contributed by atoms with Crippen LogP contribution in [0.5, 0.6) is 0 Å². The minimum Gasteiger partial charge on any atom is -0.277 e. The molecule has 1 N–H and O–H groups in total. The molecule has 1 saturated heterocycles. The van der Waals surface area contributed by atoms with Gasteiger partial charge in [0.1, 0.15) is 6.42 Å². The van der Waals surface area contributed by atoms with Gasteiger partial charge in [-0.3, -0.25) is 19.8 Å². The number of carbonyl (C=O) groups is 3. The molecule has 0 aromatic heterocycles. The number of rotatable bonds is 2. The first-order chi connectivity index (χ1) is 8.09. The highest BCUT2D eigenvalue weighted by atomic mass is 16.2. The molecule has 4 amide bonds. The number of hydrogen-bond donors (Lipinski definition) is 1. The molecule has 1 aliphatic heterocycles. The SMILES string of the molecule is C[C@H](c1ccccc1)N1C(=O)CC(=O)NC1=O. The Balaban J connectivity index is 2.25. The Morgan fingerprint density at radius 2 is 1.82 bits per heavy atom. The third-order valence-electron chi connectivity index (χ3n) is 2.71. The molecular weight excluding hydrogens is 220 g/mol. The summed E-state index contributed by atoms with van der Waals surface area (Å²) in [6.07, 6.45) is -0.275. The lowest BCUT2D eigenvalue weighted by molar-refractivity contribution is -0.137. The van der Waals surface area contributed by atoms with Gasteiger partial charge in [-0.2, -0.15) is 0 Å². The maximum absolute atomic E-state index is 11.7. The second-order valence-electron chi connectivity index (χ2n) is 3.88. The molecule has 0 radical (unpaired) electrons. The molecule has 17 heavy (non-hydrogen) atoms. The van der Waals surface area contributed by atoms with Crippen molar-refractivity contribution in [3.8, 4) is 0 Å². The van der Waals surface area contributed by atoms with Crippen LogP contribution in [-0.2, 0) is 9.59 Å². The van der Waals surface area contributed by atoms with Crippen molar-refractivity contribution >= 4 is 17.8 Å². The van der Waals surface area contributed by atoms with Gasteiger partial charge in [-0.25, -0.2) is 4.79 Å². The summed E-state index contributed by atoms with van der Waals surface area (Å²) in [5, 5.41) is 2.14. The van der Waals surface area contributed by atoms with Gasteiger partial charge in [-0.15, -0.1) is 0 Å². The van der Waals surface area contributed by atoms with E-state index in [1.54, 1.807) is 6.92 Å². The highest BCUT2D eigenvalue weighted by molar-refractivity contribution is 6.14. The molecule has 1 aromatic rings. The number of hydrogen-bond acceptors (Lipinski definition) is 3. The van der Waals surface area contributed by atoms with Crippen LogP contribution in [0.25, 0.3) is 0 Å². The quantitative estimate of drug-likeness (QED) is 0.779. The third-order valence-corrected chi connectivity index (χ3v) is 2.71. The standard InChI is InChI=1S/C12H12N2O3/c1-8(9-5-3-2-4-6-9)14-11(16)7-10(15)13-12(14)17/h2-6,8H,7H2,1H3,(H,13,15,17)/t8-/m1/s1. The molecule has 0 aliphatic carbocycles. The van der Waals surface area contributed by atoms with Crippen molar-refractivity contribution in [2.75, 3.05) is 0 Å². The zero-order chi connectivity index (χ0) is 12.4. The molecule has 1 heterocycles. The lowest BCUT2D eigenvalue weighted by Gasteiger charge is -2.30. The van der Waals surface area contributed by atoms with Crippen LogP contribution in [0.4, 0.5) is 4.79 Å². The highest BCUT2D eigenvalue weighted by Gasteiger charge is 2.34. The molecule has 1 fully saturated rings. The second-order valence-corrected chi connectivity index (χ2v) is 3.88. The summed E-state index contributed by atoms with van der Waals surface area (Å²) in [6, 6.07) is 8.17. The van der Waals surface area contributed by atoms with Crippen molar-refractivity contribution < 1.29 is 14.4 Å². The van der Waals surface area contributed by atoms with Gasteiger partial charge in [0.25, 0.3) is 0 Å². The number of carbonyl (C=O) groups excluding carboxylic acids is 3. The van der Waals surface area contributed by atoms with Crippen LogP contribution in [0.15, 0.2) is 30.3 Å². The molecule has 1 atom stereocenters. The van der Waals surface area contributed by atoms with Crippen LogP contribution in [0.3, 0.4) is 0 Å². The van der Waals surface area contributed by atoms with Gasteiger partial charge >= 0.3 is 6.03 Å². The summed E-state index contributed by atoms with van der Waals surface area (Å²) in [4.78, 5) is 35.4. The Kier molecular flexibility index (Phi) is 2.91. The zero-order valence-corrected chi connectivity index (χ0v) is 9.34. The van der Waals surface area contributed by atoms with Crippen molar-refractivity contribution in [1.29, 1.82) is 0 Å². The van der Waals surface area contributed by atoms with Crippen molar-refractivity contribution in [1.82, 2.24) is 10.2 Å². The van der Waals surface area contributed by atoms with Gasteiger partial charge in [0, 0.05) is 0 Å². The van der Waals surface area contributed by atoms with E-state index in [0.29, 0.717) is 0 Å². The normalized spacial score (nSPS) is 17.9. The van der Waals surface area contributed by atoms with E-state index in [4.69, 9.17) is 0 Å². The second kappa shape index (κ2) is 4.37. The van der Waals surface area contributed by atoms with Gasteiger partial charge in [0.05, 0.1) is 6.04 Å².